The van der Waals surface area contributed by atoms with Crippen molar-refractivity contribution < 1.29 is 4.74 Å². The van der Waals surface area contributed by atoms with E-state index in [2.05, 4.69) is 31.2 Å². The number of hydrogen-bond donors (Lipinski definition) is 1. The first kappa shape index (κ1) is 11.7. The molecule has 3 nitrogen and oxygen atoms in total. The van der Waals surface area contributed by atoms with Crippen molar-refractivity contribution in [2.45, 2.75) is 50.8 Å². The van der Waals surface area contributed by atoms with E-state index in [1.807, 2.05) is 0 Å². The quantitative estimate of drug-likeness (QED) is 0.867. The highest BCUT2D eigenvalue weighted by Crippen LogP contribution is 2.29. The monoisotopic (exact) mass is 244 g/mol. The number of ether oxygens (including phenoxy) is 1. The number of nitrogens with two attached hydrogens (primary N) is 1. The molecular weight excluding hydrogens is 224 g/mol. The molecule has 1 aliphatic heterocycles. The molecule has 3 unspecified atom stereocenters. The van der Waals surface area contributed by atoms with Gasteiger partial charge in [0.1, 0.15) is 6.10 Å². The highest BCUT2D eigenvalue weighted by atomic mass is 16.5. The summed E-state index contributed by atoms with van der Waals surface area (Å²) in [6.45, 7) is 2.13. The second-order valence-electron chi connectivity index (χ2n) is 5.42. The number of hydrogen-bond acceptors (Lipinski definition) is 3. The van der Waals surface area contributed by atoms with Crippen molar-refractivity contribution in [1.29, 1.82) is 0 Å². The van der Waals surface area contributed by atoms with E-state index in [0.717, 1.165) is 31.6 Å². The third-order valence-electron chi connectivity index (χ3n) is 4.00. The van der Waals surface area contributed by atoms with E-state index in [4.69, 9.17) is 15.5 Å². The fourth-order valence-corrected chi connectivity index (χ4v) is 2.87. The summed E-state index contributed by atoms with van der Waals surface area (Å²) in [6, 6.07) is 9.06. The second-order valence-corrected chi connectivity index (χ2v) is 5.42. The molecule has 1 fully saturated rings. The fraction of sp³-hybridized carbons (Fsp3) is 0.533. The Kier molecular flexibility index (Phi) is 3.08. The first-order chi connectivity index (χ1) is 8.72. The molecule has 0 bridgehead atoms. The van der Waals surface area contributed by atoms with Crippen LogP contribution in [-0.4, -0.2) is 24.1 Å². The van der Waals surface area contributed by atoms with Crippen molar-refractivity contribution in [2.75, 3.05) is 0 Å². The number of aryl methyl sites for hydroxylation is 1. The highest BCUT2D eigenvalue weighted by Gasteiger charge is 2.35. The van der Waals surface area contributed by atoms with Gasteiger partial charge in [-0.25, -0.2) is 4.99 Å². The van der Waals surface area contributed by atoms with Gasteiger partial charge in [-0.05, 0) is 30.9 Å². The molecule has 1 saturated carbocycles. The van der Waals surface area contributed by atoms with Crippen LogP contribution >= 0.6 is 0 Å². The van der Waals surface area contributed by atoms with Gasteiger partial charge in [0.2, 0.25) is 0 Å². The van der Waals surface area contributed by atoms with Crippen LogP contribution < -0.4 is 5.73 Å². The summed E-state index contributed by atoms with van der Waals surface area (Å²) in [5.41, 5.74) is 8.59. The van der Waals surface area contributed by atoms with Crippen molar-refractivity contribution in [2.24, 2.45) is 10.7 Å². The zero-order valence-corrected chi connectivity index (χ0v) is 10.8. The maximum Gasteiger partial charge on any atom is 0.188 e. The normalized spacial score (nSPS) is 30.6. The molecule has 0 radical (unpaired) electrons. The zero-order chi connectivity index (χ0) is 12.5. The number of aliphatic imine (C=N–C) groups is 1. The predicted molar refractivity (Wildman–Crippen MR) is 72.8 cm³/mol. The molecule has 0 spiro atoms. The van der Waals surface area contributed by atoms with Crippen LogP contribution in [0.2, 0.25) is 0 Å². The lowest BCUT2D eigenvalue weighted by atomic mass is 9.90. The van der Waals surface area contributed by atoms with Crippen molar-refractivity contribution >= 4 is 5.90 Å². The van der Waals surface area contributed by atoms with E-state index in [-0.39, 0.29) is 6.10 Å². The van der Waals surface area contributed by atoms with Gasteiger partial charge in [0.15, 0.2) is 5.90 Å². The fourth-order valence-electron chi connectivity index (χ4n) is 2.87. The topological polar surface area (TPSA) is 47.6 Å². The Balaban J connectivity index is 1.70. The molecule has 0 amide bonds. The Morgan fingerprint density at radius 1 is 1.33 bits per heavy atom. The van der Waals surface area contributed by atoms with E-state index in [1.165, 1.54) is 11.1 Å². The third kappa shape index (κ3) is 2.27. The molecule has 0 aromatic heterocycles. The molecule has 2 aliphatic rings. The number of fused-ring (bicyclic) bond motifs is 1. The summed E-state index contributed by atoms with van der Waals surface area (Å²) < 4.78 is 5.96. The molecule has 18 heavy (non-hydrogen) atoms. The van der Waals surface area contributed by atoms with Crippen molar-refractivity contribution in [3.05, 3.63) is 35.4 Å². The van der Waals surface area contributed by atoms with Crippen LogP contribution in [0.5, 0.6) is 0 Å². The van der Waals surface area contributed by atoms with Gasteiger partial charge in [-0.3, -0.25) is 0 Å². The Labute approximate surface area is 108 Å². The molecule has 3 atom stereocenters. The number of rotatable bonds is 2. The SMILES string of the molecule is Cc1ccccc1CC1=NC2CCC(N)CC2O1. The van der Waals surface area contributed by atoms with Crippen molar-refractivity contribution in [3.8, 4) is 0 Å². The molecule has 3 rings (SSSR count). The summed E-state index contributed by atoms with van der Waals surface area (Å²) in [6.07, 6.45) is 4.14. The van der Waals surface area contributed by atoms with Gasteiger partial charge >= 0.3 is 0 Å². The van der Waals surface area contributed by atoms with Gasteiger partial charge in [-0.1, -0.05) is 24.3 Å². The summed E-state index contributed by atoms with van der Waals surface area (Å²) >= 11 is 0. The highest BCUT2D eigenvalue weighted by molar-refractivity contribution is 5.81. The lowest BCUT2D eigenvalue weighted by Crippen LogP contribution is -2.38. The van der Waals surface area contributed by atoms with Crippen LogP contribution in [0.25, 0.3) is 0 Å². The van der Waals surface area contributed by atoms with Gasteiger partial charge in [0, 0.05) is 18.9 Å². The first-order valence-electron chi connectivity index (χ1n) is 6.76. The third-order valence-corrected chi connectivity index (χ3v) is 4.00. The molecule has 1 aliphatic carbocycles. The van der Waals surface area contributed by atoms with Crippen LogP contribution in [0.3, 0.4) is 0 Å². The Morgan fingerprint density at radius 2 is 2.17 bits per heavy atom. The van der Waals surface area contributed by atoms with Crippen molar-refractivity contribution in [3.63, 3.8) is 0 Å². The average molecular weight is 244 g/mol. The first-order valence-corrected chi connectivity index (χ1v) is 6.76. The Hall–Kier alpha value is -1.35. The summed E-state index contributed by atoms with van der Waals surface area (Å²) in [5.74, 6) is 0.897. The van der Waals surface area contributed by atoms with Crippen LogP contribution in [0.1, 0.15) is 30.4 Å². The van der Waals surface area contributed by atoms with E-state index in [1.54, 1.807) is 0 Å². The molecule has 1 aromatic rings. The maximum absolute atomic E-state index is 5.98. The molecule has 96 valence electrons. The summed E-state index contributed by atoms with van der Waals surface area (Å²) in [4.78, 5) is 4.72. The molecule has 1 aromatic carbocycles. The van der Waals surface area contributed by atoms with E-state index in [9.17, 15) is 0 Å². The van der Waals surface area contributed by atoms with Crippen molar-refractivity contribution in [1.82, 2.24) is 0 Å². The minimum atomic E-state index is 0.229. The van der Waals surface area contributed by atoms with Gasteiger partial charge in [-0.15, -0.1) is 0 Å². The van der Waals surface area contributed by atoms with Crippen LogP contribution in [0, 0.1) is 6.92 Å². The van der Waals surface area contributed by atoms with E-state index < -0.39 is 0 Å². The molecular formula is C15H20N2O. The van der Waals surface area contributed by atoms with Crippen LogP contribution in [0.4, 0.5) is 0 Å². The Morgan fingerprint density at radius 3 is 3.00 bits per heavy atom. The Bertz CT molecular complexity index is 469. The predicted octanol–water partition coefficient (Wildman–Crippen LogP) is 2.21. The van der Waals surface area contributed by atoms with Gasteiger partial charge in [0.05, 0.1) is 6.04 Å². The van der Waals surface area contributed by atoms with Gasteiger partial charge in [0.25, 0.3) is 0 Å². The van der Waals surface area contributed by atoms with E-state index >= 15 is 0 Å². The van der Waals surface area contributed by atoms with Crippen LogP contribution in [0.15, 0.2) is 29.3 Å². The second kappa shape index (κ2) is 4.73. The largest absolute Gasteiger partial charge is 0.475 e. The summed E-state index contributed by atoms with van der Waals surface area (Å²) in [5, 5.41) is 0. The zero-order valence-electron chi connectivity index (χ0n) is 10.8. The van der Waals surface area contributed by atoms with Crippen LogP contribution in [-0.2, 0) is 11.2 Å². The smallest absolute Gasteiger partial charge is 0.188 e. The maximum atomic E-state index is 5.98. The number of nitrogens with zero attached hydrogens (tertiary/aromatic N) is 1. The van der Waals surface area contributed by atoms with Gasteiger partial charge in [-0.2, -0.15) is 0 Å². The minimum Gasteiger partial charge on any atom is -0.475 e. The lowest BCUT2D eigenvalue weighted by molar-refractivity contribution is 0.139. The average Bonchev–Trinajstić information content (AvgIpc) is 2.73. The lowest BCUT2D eigenvalue weighted by Gasteiger charge is -2.26. The standard InChI is InChI=1S/C15H20N2O/c1-10-4-2-3-5-11(10)8-15-17-13-7-6-12(16)9-14(13)18-15/h2-5,12-14H,6-9,16H2,1H3. The molecule has 1 heterocycles. The summed E-state index contributed by atoms with van der Waals surface area (Å²) in [7, 11) is 0. The molecule has 2 N–H and O–H groups in total. The molecule has 0 saturated heterocycles. The molecule has 3 heteroatoms. The number of benzene rings is 1. The van der Waals surface area contributed by atoms with E-state index in [0.29, 0.717) is 12.1 Å². The van der Waals surface area contributed by atoms with Gasteiger partial charge < -0.3 is 10.5 Å². The minimum absolute atomic E-state index is 0.229.